The normalized spacial score (nSPS) is 15.6. The lowest BCUT2D eigenvalue weighted by atomic mass is 10.2. The van der Waals surface area contributed by atoms with Gasteiger partial charge in [0, 0.05) is 55.1 Å². The van der Waals surface area contributed by atoms with E-state index >= 15 is 0 Å². The van der Waals surface area contributed by atoms with E-state index in [1.807, 2.05) is 25.1 Å². The maximum absolute atomic E-state index is 13.4. The van der Waals surface area contributed by atoms with E-state index in [9.17, 15) is 9.18 Å². The highest BCUT2D eigenvalue weighted by atomic mass is 19.1. The van der Waals surface area contributed by atoms with Crippen LogP contribution in [0.4, 0.5) is 21.7 Å². The van der Waals surface area contributed by atoms with Crippen molar-refractivity contribution in [2.24, 2.45) is 0 Å². The summed E-state index contributed by atoms with van der Waals surface area (Å²) in [5.74, 6) is 1.12. The molecule has 1 amide bonds. The number of carbonyl (C=O) groups is 1. The van der Waals surface area contributed by atoms with Gasteiger partial charge in [0.15, 0.2) is 5.82 Å². The maximum atomic E-state index is 13.4. The highest BCUT2D eigenvalue weighted by Crippen LogP contribution is 2.26. The molecule has 0 bridgehead atoms. The first-order valence-corrected chi connectivity index (χ1v) is 13.7. The number of carbonyl (C=O) groups excluding carboxylic acids is 1. The summed E-state index contributed by atoms with van der Waals surface area (Å²) in [4.78, 5) is 23.5. The number of morpholine rings is 1. The molecule has 1 fully saturated rings. The second kappa shape index (κ2) is 14.0. The standard InChI is InChI=1S/C29H34FN7O4/c1-2-39-18-24-17-37(10-12-41-24)9-4-11-40-23-7-8-25-26(16-23)31-19-32-29(25)34-27-14-22(35-36-27)15-28(38)33-21-6-3-5-20(30)13-21/h3,5-8,13-14,16,19,24H,2,4,9-12,15,17-18H2,1H3,(H,33,38)(H2,31,32,34,35,36)/t24-/m0/s1. The number of ether oxygens (including phenoxy) is 3. The Hall–Kier alpha value is -4.13. The van der Waals surface area contributed by atoms with Crippen LogP contribution in [0.25, 0.3) is 10.9 Å². The number of amides is 1. The Morgan fingerprint density at radius 1 is 1.22 bits per heavy atom. The summed E-state index contributed by atoms with van der Waals surface area (Å²) in [5, 5.41) is 13.7. The van der Waals surface area contributed by atoms with Gasteiger partial charge in [0.25, 0.3) is 0 Å². The van der Waals surface area contributed by atoms with Crippen LogP contribution >= 0.6 is 0 Å². The number of aromatic nitrogens is 4. The number of hydrogen-bond donors (Lipinski definition) is 3. The van der Waals surface area contributed by atoms with Gasteiger partial charge in [0.2, 0.25) is 5.91 Å². The topological polar surface area (TPSA) is 127 Å². The number of H-pyrrole nitrogens is 1. The molecule has 1 aliphatic heterocycles. The van der Waals surface area contributed by atoms with E-state index in [1.54, 1.807) is 12.1 Å². The van der Waals surface area contributed by atoms with Gasteiger partial charge in [0.05, 0.1) is 37.9 Å². The van der Waals surface area contributed by atoms with Crippen LogP contribution in [0, 0.1) is 5.82 Å². The van der Waals surface area contributed by atoms with Crippen LogP contribution in [0.15, 0.2) is 54.9 Å². The quantitative estimate of drug-likeness (QED) is 0.208. The van der Waals surface area contributed by atoms with Crippen molar-refractivity contribution in [2.45, 2.75) is 25.9 Å². The van der Waals surface area contributed by atoms with Crippen molar-refractivity contribution in [3.63, 3.8) is 0 Å². The number of aromatic amines is 1. The number of benzene rings is 2. The van der Waals surface area contributed by atoms with E-state index in [-0.39, 0.29) is 18.4 Å². The first-order valence-electron chi connectivity index (χ1n) is 13.7. The molecule has 3 N–H and O–H groups in total. The lowest BCUT2D eigenvalue weighted by Gasteiger charge is -2.32. The highest BCUT2D eigenvalue weighted by molar-refractivity contribution is 5.93. The van der Waals surface area contributed by atoms with Crippen molar-refractivity contribution in [1.82, 2.24) is 25.1 Å². The van der Waals surface area contributed by atoms with Gasteiger partial charge < -0.3 is 24.8 Å². The third-order valence-electron chi connectivity index (χ3n) is 6.56. The van der Waals surface area contributed by atoms with Crippen LogP contribution in [0.2, 0.25) is 0 Å². The minimum Gasteiger partial charge on any atom is -0.493 e. The average molecular weight is 564 g/mol. The van der Waals surface area contributed by atoms with E-state index in [1.165, 1.54) is 24.5 Å². The average Bonchev–Trinajstić information content (AvgIpc) is 3.40. The Kier molecular flexibility index (Phi) is 9.68. The largest absolute Gasteiger partial charge is 0.493 e. The van der Waals surface area contributed by atoms with Crippen molar-refractivity contribution in [3.8, 4) is 5.75 Å². The summed E-state index contributed by atoms with van der Waals surface area (Å²) in [6.45, 7) is 7.39. The molecule has 2 aromatic carbocycles. The van der Waals surface area contributed by atoms with Crippen LogP contribution in [0.5, 0.6) is 5.75 Å². The summed E-state index contributed by atoms with van der Waals surface area (Å²) >= 11 is 0. The molecular formula is C29H34FN7O4. The Balaban J connectivity index is 1.11. The van der Waals surface area contributed by atoms with Crippen molar-refractivity contribution >= 4 is 34.1 Å². The molecule has 0 radical (unpaired) electrons. The fourth-order valence-corrected chi connectivity index (χ4v) is 4.62. The molecule has 12 heteroatoms. The predicted octanol–water partition coefficient (Wildman–Crippen LogP) is 3.92. The predicted molar refractivity (Wildman–Crippen MR) is 153 cm³/mol. The molecule has 41 heavy (non-hydrogen) atoms. The lowest BCUT2D eigenvalue weighted by Crippen LogP contribution is -2.44. The van der Waals surface area contributed by atoms with Crippen molar-refractivity contribution < 1.29 is 23.4 Å². The number of hydrogen-bond acceptors (Lipinski definition) is 9. The Morgan fingerprint density at radius 3 is 3.02 bits per heavy atom. The molecule has 0 spiro atoms. The first-order chi connectivity index (χ1) is 20.1. The molecule has 0 unspecified atom stereocenters. The van der Waals surface area contributed by atoms with E-state index < -0.39 is 5.82 Å². The van der Waals surface area contributed by atoms with Crippen LogP contribution in [-0.4, -0.2) is 83.1 Å². The molecule has 1 aliphatic rings. The number of rotatable bonds is 13. The minimum atomic E-state index is -0.414. The zero-order chi connectivity index (χ0) is 28.4. The molecular weight excluding hydrogens is 529 g/mol. The number of fused-ring (bicyclic) bond motifs is 1. The summed E-state index contributed by atoms with van der Waals surface area (Å²) in [6, 6.07) is 13.2. The fraction of sp³-hybridized carbons (Fsp3) is 0.379. The molecule has 0 saturated carbocycles. The zero-order valence-corrected chi connectivity index (χ0v) is 22.9. The number of anilines is 3. The van der Waals surface area contributed by atoms with Gasteiger partial charge in [-0.15, -0.1) is 0 Å². The summed E-state index contributed by atoms with van der Waals surface area (Å²) in [5.41, 5.74) is 1.72. The fourth-order valence-electron chi connectivity index (χ4n) is 4.62. The first kappa shape index (κ1) is 28.4. The van der Waals surface area contributed by atoms with Crippen molar-refractivity contribution in [1.29, 1.82) is 0 Å². The molecule has 1 atom stereocenters. The van der Waals surface area contributed by atoms with Crippen LogP contribution < -0.4 is 15.4 Å². The van der Waals surface area contributed by atoms with Crippen molar-refractivity contribution in [3.05, 3.63) is 66.4 Å². The van der Waals surface area contributed by atoms with Gasteiger partial charge in [-0.2, -0.15) is 5.10 Å². The Bertz CT molecular complexity index is 1450. The molecule has 216 valence electrons. The van der Waals surface area contributed by atoms with Gasteiger partial charge in [-0.25, -0.2) is 14.4 Å². The Morgan fingerprint density at radius 2 is 2.15 bits per heavy atom. The van der Waals surface area contributed by atoms with E-state index in [4.69, 9.17) is 14.2 Å². The van der Waals surface area contributed by atoms with Gasteiger partial charge in [0.1, 0.15) is 23.7 Å². The zero-order valence-electron chi connectivity index (χ0n) is 22.9. The molecule has 11 nitrogen and oxygen atoms in total. The molecule has 1 saturated heterocycles. The third kappa shape index (κ3) is 8.19. The molecule has 2 aromatic heterocycles. The number of nitrogens with zero attached hydrogens (tertiary/aromatic N) is 4. The minimum absolute atomic E-state index is 0.0514. The summed E-state index contributed by atoms with van der Waals surface area (Å²) in [6.07, 6.45) is 2.56. The third-order valence-corrected chi connectivity index (χ3v) is 6.56. The molecule has 4 aromatic rings. The van der Waals surface area contributed by atoms with Crippen LogP contribution in [0.3, 0.4) is 0 Å². The summed E-state index contributed by atoms with van der Waals surface area (Å²) < 4.78 is 30.6. The molecule has 5 rings (SSSR count). The lowest BCUT2D eigenvalue weighted by molar-refractivity contribution is -0.115. The van der Waals surface area contributed by atoms with Gasteiger partial charge in [-0.3, -0.25) is 14.8 Å². The second-order valence-corrected chi connectivity index (χ2v) is 9.69. The van der Waals surface area contributed by atoms with Crippen LogP contribution in [-0.2, 0) is 20.7 Å². The van der Waals surface area contributed by atoms with E-state index in [0.717, 1.165) is 49.3 Å². The monoisotopic (exact) mass is 563 g/mol. The second-order valence-electron chi connectivity index (χ2n) is 9.69. The molecule has 3 heterocycles. The Labute approximate surface area is 237 Å². The van der Waals surface area contributed by atoms with E-state index in [2.05, 4.69) is 35.7 Å². The number of halogens is 1. The van der Waals surface area contributed by atoms with Gasteiger partial charge in [-0.05, 0) is 43.7 Å². The van der Waals surface area contributed by atoms with Gasteiger partial charge in [-0.1, -0.05) is 6.07 Å². The SMILES string of the molecule is CCOC[C@@H]1CN(CCCOc2ccc3c(Nc4cc(CC(=O)Nc5cccc(F)c5)[nH]n4)ncnc3c2)CCO1. The smallest absolute Gasteiger partial charge is 0.230 e. The molecule has 0 aliphatic carbocycles. The van der Waals surface area contributed by atoms with Crippen LogP contribution in [0.1, 0.15) is 19.0 Å². The highest BCUT2D eigenvalue weighted by Gasteiger charge is 2.20. The van der Waals surface area contributed by atoms with E-state index in [0.29, 0.717) is 42.8 Å². The van der Waals surface area contributed by atoms with Gasteiger partial charge >= 0.3 is 0 Å². The van der Waals surface area contributed by atoms with Crippen molar-refractivity contribution in [2.75, 3.05) is 56.7 Å². The maximum Gasteiger partial charge on any atom is 0.230 e. The number of nitrogens with one attached hydrogen (secondary N) is 3. The summed E-state index contributed by atoms with van der Waals surface area (Å²) in [7, 11) is 0.